The lowest BCUT2D eigenvalue weighted by atomic mass is 10.2. The summed E-state index contributed by atoms with van der Waals surface area (Å²) >= 11 is 0. The third-order valence-electron chi connectivity index (χ3n) is 5.70. The molecule has 4 rings (SSSR count). The number of amides is 1. The van der Waals surface area contributed by atoms with Crippen LogP contribution in [0, 0.1) is 0 Å². The van der Waals surface area contributed by atoms with Crippen molar-refractivity contribution in [3.8, 4) is 11.4 Å². The first-order valence-electron chi connectivity index (χ1n) is 11.1. The van der Waals surface area contributed by atoms with Crippen LogP contribution in [0.4, 0.5) is 13.2 Å². The lowest BCUT2D eigenvalue weighted by Crippen LogP contribution is -2.46. The van der Waals surface area contributed by atoms with Crippen LogP contribution in [0.25, 0.3) is 5.69 Å². The fourth-order valence-corrected chi connectivity index (χ4v) is 3.81. The van der Waals surface area contributed by atoms with Gasteiger partial charge in [0.1, 0.15) is 5.75 Å². The molecule has 1 N–H and O–H groups in total. The molecule has 0 bridgehead atoms. The third kappa shape index (κ3) is 5.48. The smallest absolute Gasteiger partial charge is 0.416 e. The maximum Gasteiger partial charge on any atom is 0.416 e. The zero-order chi connectivity index (χ0) is 25.9. The van der Waals surface area contributed by atoms with Crippen molar-refractivity contribution in [3.05, 3.63) is 86.2 Å². The zero-order valence-corrected chi connectivity index (χ0v) is 19.2. The molecule has 0 unspecified atom stereocenters. The van der Waals surface area contributed by atoms with E-state index in [2.05, 4.69) is 10.4 Å². The van der Waals surface area contributed by atoms with Crippen molar-refractivity contribution in [1.82, 2.24) is 19.7 Å². The van der Waals surface area contributed by atoms with Gasteiger partial charge in [0.2, 0.25) is 5.69 Å². The zero-order valence-electron chi connectivity index (χ0n) is 19.2. The lowest BCUT2D eigenvalue weighted by molar-refractivity contribution is -0.137. The molecule has 1 fully saturated rings. The van der Waals surface area contributed by atoms with Crippen molar-refractivity contribution in [1.29, 1.82) is 0 Å². The number of rotatable bonds is 7. The van der Waals surface area contributed by atoms with Crippen LogP contribution in [0.15, 0.2) is 58.1 Å². The summed E-state index contributed by atoms with van der Waals surface area (Å²) in [5.41, 5.74) is -2.85. The SMILES string of the molecule is COc1cccc(Cn2c(=O)c(C(=O)NC[C@@H]3CCCO3)nn(-c3ccc(C(F)(F)F)cc3)c2=O)c1. The number of ether oxygens (including phenoxy) is 2. The number of halogens is 3. The van der Waals surface area contributed by atoms with Gasteiger partial charge in [-0.25, -0.2) is 4.79 Å². The van der Waals surface area contributed by atoms with Crippen LogP contribution in [0.1, 0.15) is 34.5 Å². The van der Waals surface area contributed by atoms with Crippen molar-refractivity contribution in [2.75, 3.05) is 20.3 Å². The van der Waals surface area contributed by atoms with Gasteiger partial charge in [0.25, 0.3) is 11.5 Å². The van der Waals surface area contributed by atoms with Crippen molar-refractivity contribution in [2.24, 2.45) is 0 Å². The minimum Gasteiger partial charge on any atom is -0.497 e. The summed E-state index contributed by atoms with van der Waals surface area (Å²) < 4.78 is 51.2. The fourth-order valence-electron chi connectivity index (χ4n) is 3.81. The van der Waals surface area contributed by atoms with E-state index in [-0.39, 0.29) is 24.9 Å². The van der Waals surface area contributed by atoms with Crippen LogP contribution in [0.2, 0.25) is 0 Å². The van der Waals surface area contributed by atoms with Crippen molar-refractivity contribution < 1.29 is 27.4 Å². The summed E-state index contributed by atoms with van der Waals surface area (Å²) in [6.45, 7) is 0.504. The highest BCUT2D eigenvalue weighted by Gasteiger charge is 2.30. The number of hydrogen-bond donors (Lipinski definition) is 1. The standard InChI is InChI=1S/C24H23F3N4O5/c1-35-18-5-2-4-15(12-18)14-30-22(33)20(21(32)28-13-19-6-3-11-36-19)29-31(23(30)34)17-9-7-16(8-10-17)24(25,26)27/h2,4-5,7-10,12,19H,3,6,11,13-14H2,1H3,(H,28,32)/t19-/m0/s1. The Balaban J connectivity index is 1.77. The Morgan fingerprint density at radius 3 is 2.58 bits per heavy atom. The van der Waals surface area contributed by atoms with Crippen LogP contribution in [0.3, 0.4) is 0 Å². The van der Waals surface area contributed by atoms with E-state index in [9.17, 15) is 27.6 Å². The average Bonchev–Trinajstić information content (AvgIpc) is 3.39. The molecule has 2 aromatic carbocycles. The molecule has 2 heterocycles. The molecule has 1 aliphatic heterocycles. The van der Waals surface area contributed by atoms with Crippen LogP contribution < -0.4 is 21.3 Å². The summed E-state index contributed by atoms with van der Waals surface area (Å²) in [6, 6.07) is 10.3. The summed E-state index contributed by atoms with van der Waals surface area (Å²) in [7, 11) is 1.46. The Hall–Kier alpha value is -3.93. The number of carbonyl (C=O) groups is 1. The minimum atomic E-state index is -4.57. The first-order chi connectivity index (χ1) is 17.2. The molecule has 0 aliphatic carbocycles. The van der Waals surface area contributed by atoms with Gasteiger partial charge < -0.3 is 14.8 Å². The van der Waals surface area contributed by atoms with Gasteiger partial charge in [0, 0.05) is 13.2 Å². The first-order valence-corrected chi connectivity index (χ1v) is 11.1. The van der Waals surface area contributed by atoms with E-state index in [1.807, 2.05) is 0 Å². The van der Waals surface area contributed by atoms with Gasteiger partial charge in [0.15, 0.2) is 0 Å². The highest BCUT2D eigenvalue weighted by atomic mass is 19.4. The number of methoxy groups -OCH3 is 1. The highest BCUT2D eigenvalue weighted by Crippen LogP contribution is 2.29. The molecule has 0 spiro atoms. The molecule has 36 heavy (non-hydrogen) atoms. The Kier molecular flexibility index (Phi) is 7.25. The molecular formula is C24H23F3N4O5. The van der Waals surface area contributed by atoms with E-state index < -0.39 is 34.6 Å². The highest BCUT2D eigenvalue weighted by molar-refractivity contribution is 5.91. The Morgan fingerprint density at radius 2 is 1.94 bits per heavy atom. The maximum atomic E-state index is 13.2. The number of benzene rings is 2. The molecule has 0 radical (unpaired) electrons. The van der Waals surface area contributed by atoms with E-state index >= 15 is 0 Å². The molecule has 1 amide bonds. The monoisotopic (exact) mass is 504 g/mol. The summed E-state index contributed by atoms with van der Waals surface area (Å²) in [6.07, 6.45) is -3.17. The van der Waals surface area contributed by atoms with Crippen molar-refractivity contribution in [3.63, 3.8) is 0 Å². The molecule has 9 nitrogen and oxygen atoms in total. The number of carbonyl (C=O) groups excluding carboxylic acids is 1. The Labute approximate surface area is 203 Å². The molecule has 1 atom stereocenters. The number of nitrogens with zero attached hydrogens (tertiary/aromatic N) is 3. The van der Waals surface area contributed by atoms with E-state index in [1.54, 1.807) is 24.3 Å². The number of nitrogens with one attached hydrogen (secondary N) is 1. The Morgan fingerprint density at radius 1 is 1.19 bits per heavy atom. The molecule has 0 saturated carbocycles. The van der Waals surface area contributed by atoms with Crippen molar-refractivity contribution in [2.45, 2.75) is 31.7 Å². The molecule has 1 aromatic heterocycles. The fraction of sp³-hybridized carbons (Fsp3) is 0.333. The lowest BCUT2D eigenvalue weighted by Gasteiger charge is -2.14. The van der Waals surface area contributed by atoms with Gasteiger partial charge in [-0.1, -0.05) is 12.1 Å². The molecular weight excluding hydrogens is 481 g/mol. The predicted molar refractivity (Wildman–Crippen MR) is 122 cm³/mol. The quantitative estimate of drug-likeness (QED) is 0.530. The van der Waals surface area contributed by atoms with Crippen LogP contribution in [-0.4, -0.2) is 46.6 Å². The number of alkyl halides is 3. The summed E-state index contributed by atoms with van der Waals surface area (Å²) in [4.78, 5) is 39.3. The average molecular weight is 504 g/mol. The van der Waals surface area contributed by atoms with Gasteiger partial charge in [-0.05, 0) is 54.8 Å². The van der Waals surface area contributed by atoms with Gasteiger partial charge in [-0.15, -0.1) is 0 Å². The molecule has 3 aromatic rings. The summed E-state index contributed by atoms with van der Waals surface area (Å²) in [5, 5.41) is 6.52. The number of aromatic nitrogens is 3. The van der Waals surface area contributed by atoms with Crippen LogP contribution in [0.5, 0.6) is 5.75 Å². The van der Waals surface area contributed by atoms with Gasteiger partial charge in [-0.2, -0.15) is 23.0 Å². The first kappa shape index (κ1) is 25.2. The van der Waals surface area contributed by atoms with Gasteiger partial charge in [-0.3, -0.25) is 14.2 Å². The molecule has 1 saturated heterocycles. The minimum absolute atomic E-state index is 0.0411. The van der Waals surface area contributed by atoms with E-state index in [1.165, 1.54) is 7.11 Å². The molecule has 12 heteroatoms. The third-order valence-corrected chi connectivity index (χ3v) is 5.70. The van der Waals surface area contributed by atoms with E-state index in [4.69, 9.17) is 9.47 Å². The van der Waals surface area contributed by atoms with E-state index in [0.717, 1.165) is 46.4 Å². The normalized spacial score (nSPS) is 15.6. The predicted octanol–water partition coefficient (Wildman–Crippen LogP) is 2.38. The second kappa shape index (κ2) is 10.4. The second-order valence-corrected chi connectivity index (χ2v) is 8.18. The largest absolute Gasteiger partial charge is 0.497 e. The van der Waals surface area contributed by atoms with Gasteiger partial charge >= 0.3 is 11.9 Å². The van der Waals surface area contributed by atoms with Crippen LogP contribution >= 0.6 is 0 Å². The maximum absolute atomic E-state index is 13.2. The van der Waals surface area contributed by atoms with Crippen LogP contribution in [-0.2, 0) is 17.5 Å². The summed E-state index contributed by atoms with van der Waals surface area (Å²) in [5.74, 6) is -0.331. The molecule has 1 aliphatic rings. The topological polar surface area (TPSA) is 104 Å². The second-order valence-electron chi connectivity index (χ2n) is 8.18. The molecule has 190 valence electrons. The number of hydrogen-bond acceptors (Lipinski definition) is 6. The Bertz CT molecular complexity index is 1360. The van der Waals surface area contributed by atoms with Crippen molar-refractivity contribution >= 4 is 5.91 Å². The van der Waals surface area contributed by atoms with E-state index in [0.29, 0.717) is 17.9 Å². The van der Waals surface area contributed by atoms with Gasteiger partial charge in [0.05, 0.1) is 31.0 Å².